The standard InChI is InChI=1S/C16H18N2O2S/c1-3-12-18(16-7-5-4-6-15(16)17)21(19,20)14-10-8-13(2)9-11-14/h3-11H,1,12,17H2,2H3. The molecule has 0 heterocycles. The molecule has 0 aliphatic heterocycles. The number of rotatable bonds is 5. The van der Waals surface area contributed by atoms with E-state index in [-0.39, 0.29) is 11.4 Å². The molecule has 0 aliphatic rings. The summed E-state index contributed by atoms with van der Waals surface area (Å²) in [5.41, 5.74) is 7.78. The third-order valence-corrected chi connectivity index (χ3v) is 4.90. The van der Waals surface area contributed by atoms with Gasteiger partial charge in [-0.25, -0.2) is 8.42 Å². The average Bonchev–Trinajstić information content (AvgIpc) is 2.46. The van der Waals surface area contributed by atoms with Gasteiger partial charge in [0.25, 0.3) is 10.0 Å². The summed E-state index contributed by atoms with van der Waals surface area (Å²) < 4.78 is 26.9. The molecule has 110 valence electrons. The van der Waals surface area contributed by atoms with E-state index in [0.717, 1.165) is 5.56 Å². The lowest BCUT2D eigenvalue weighted by atomic mass is 10.2. The highest BCUT2D eigenvalue weighted by Gasteiger charge is 2.25. The van der Waals surface area contributed by atoms with Gasteiger partial charge in [-0.1, -0.05) is 35.9 Å². The highest BCUT2D eigenvalue weighted by molar-refractivity contribution is 7.92. The van der Waals surface area contributed by atoms with Crippen LogP contribution in [0.4, 0.5) is 11.4 Å². The molecule has 0 bridgehead atoms. The molecule has 2 aromatic rings. The minimum Gasteiger partial charge on any atom is -0.397 e. The van der Waals surface area contributed by atoms with Crippen molar-refractivity contribution in [1.82, 2.24) is 0 Å². The number of aryl methyl sites for hydroxylation is 1. The molecule has 4 nitrogen and oxygen atoms in total. The zero-order chi connectivity index (χ0) is 15.5. The molecule has 0 saturated heterocycles. The van der Waals surface area contributed by atoms with Crippen molar-refractivity contribution in [2.75, 3.05) is 16.6 Å². The third-order valence-electron chi connectivity index (χ3n) is 3.11. The molecule has 0 unspecified atom stereocenters. The van der Waals surface area contributed by atoms with Crippen LogP contribution in [-0.2, 0) is 10.0 Å². The van der Waals surface area contributed by atoms with E-state index in [0.29, 0.717) is 11.4 Å². The summed E-state index contributed by atoms with van der Waals surface area (Å²) in [6.07, 6.45) is 1.54. The zero-order valence-corrected chi connectivity index (χ0v) is 12.7. The fraction of sp³-hybridized carbons (Fsp3) is 0.125. The lowest BCUT2D eigenvalue weighted by Crippen LogP contribution is -2.31. The Hall–Kier alpha value is -2.27. The predicted octanol–water partition coefficient (Wildman–Crippen LogP) is 2.96. The van der Waals surface area contributed by atoms with E-state index in [4.69, 9.17) is 5.73 Å². The fourth-order valence-corrected chi connectivity index (χ4v) is 3.46. The van der Waals surface area contributed by atoms with E-state index in [1.165, 1.54) is 10.4 Å². The summed E-state index contributed by atoms with van der Waals surface area (Å²) >= 11 is 0. The van der Waals surface area contributed by atoms with Gasteiger partial charge in [-0.2, -0.15) is 0 Å². The van der Waals surface area contributed by atoms with Crippen molar-refractivity contribution in [2.24, 2.45) is 0 Å². The maximum absolute atomic E-state index is 12.8. The summed E-state index contributed by atoms with van der Waals surface area (Å²) in [6.45, 7) is 5.70. The number of nitrogens with zero attached hydrogens (tertiary/aromatic N) is 1. The van der Waals surface area contributed by atoms with Crippen LogP contribution in [-0.4, -0.2) is 15.0 Å². The number of nitrogen functional groups attached to an aromatic ring is 1. The summed E-state index contributed by atoms with van der Waals surface area (Å²) in [5.74, 6) is 0. The lowest BCUT2D eigenvalue weighted by Gasteiger charge is -2.24. The molecule has 5 heteroatoms. The number of nitrogens with two attached hydrogens (primary N) is 1. The zero-order valence-electron chi connectivity index (χ0n) is 11.9. The molecule has 0 aliphatic carbocycles. The van der Waals surface area contributed by atoms with Gasteiger partial charge in [-0.3, -0.25) is 4.31 Å². The van der Waals surface area contributed by atoms with E-state index < -0.39 is 10.0 Å². The van der Waals surface area contributed by atoms with E-state index >= 15 is 0 Å². The van der Waals surface area contributed by atoms with Crippen molar-refractivity contribution < 1.29 is 8.42 Å². The molecular formula is C16H18N2O2S. The third kappa shape index (κ3) is 3.08. The molecule has 2 N–H and O–H groups in total. The van der Waals surface area contributed by atoms with Crippen LogP contribution >= 0.6 is 0 Å². The first-order valence-electron chi connectivity index (χ1n) is 6.51. The Morgan fingerprint density at radius 1 is 1.14 bits per heavy atom. The van der Waals surface area contributed by atoms with Gasteiger partial charge in [-0.15, -0.1) is 6.58 Å². The number of anilines is 2. The second kappa shape index (κ2) is 6.01. The van der Waals surface area contributed by atoms with Gasteiger partial charge in [0.05, 0.1) is 22.8 Å². The van der Waals surface area contributed by atoms with Crippen LogP contribution in [0.5, 0.6) is 0 Å². The molecule has 0 amide bonds. The van der Waals surface area contributed by atoms with E-state index in [1.54, 1.807) is 48.5 Å². The van der Waals surface area contributed by atoms with Crippen LogP contribution < -0.4 is 10.0 Å². The first kappa shape index (κ1) is 15.1. The molecule has 21 heavy (non-hydrogen) atoms. The summed E-state index contributed by atoms with van der Waals surface area (Å²) in [4.78, 5) is 0.234. The highest BCUT2D eigenvalue weighted by atomic mass is 32.2. The molecule has 0 spiro atoms. The predicted molar refractivity (Wildman–Crippen MR) is 86.8 cm³/mol. The van der Waals surface area contributed by atoms with Crippen molar-refractivity contribution >= 4 is 21.4 Å². The normalized spacial score (nSPS) is 11.1. The van der Waals surface area contributed by atoms with Gasteiger partial charge >= 0.3 is 0 Å². The van der Waals surface area contributed by atoms with Gasteiger partial charge in [-0.05, 0) is 31.2 Å². The van der Waals surface area contributed by atoms with Crippen LogP contribution in [0.15, 0.2) is 66.1 Å². The molecular weight excluding hydrogens is 284 g/mol. The van der Waals surface area contributed by atoms with E-state index in [9.17, 15) is 8.42 Å². The first-order valence-corrected chi connectivity index (χ1v) is 7.95. The van der Waals surface area contributed by atoms with Crippen LogP contribution in [0, 0.1) is 6.92 Å². The number of hydrogen-bond donors (Lipinski definition) is 1. The van der Waals surface area contributed by atoms with Crippen molar-refractivity contribution in [3.05, 3.63) is 66.7 Å². The van der Waals surface area contributed by atoms with Crippen LogP contribution in [0.2, 0.25) is 0 Å². The SMILES string of the molecule is C=CCN(c1ccccc1N)S(=O)(=O)c1ccc(C)cc1. The first-order chi connectivity index (χ1) is 9.96. The smallest absolute Gasteiger partial charge is 0.264 e. The lowest BCUT2D eigenvalue weighted by molar-refractivity contribution is 0.593. The summed E-state index contributed by atoms with van der Waals surface area (Å²) in [7, 11) is -3.67. The second-order valence-electron chi connectivity index (χ2n) is 4.70. The Morgan fingerprint density at radius 2 is 1.76 bits per heavy atom. The van der Waals surface area contributed by atoms with E-state index in [2.05, 4.69) is 6.58 Å². The molecule has 0 saturated carbocycles. The minimum atomic E-state index is -3.67. The molecule has 0 fully saturated rings. The molecule has 2 rings (SSSR count). The Morgan fingerprint density at radius 3 is 2.33 bits per heavy atom. The van der Waals surface area contributed by atoms with Crippen molar-refractivity contribution in [1.29, 1.82) is 0 Å². The molecule has 0 atom stereocenters. The van der Waals surface area contributed by atoms with Gasteiger partial charge in [0.15, 0.2) is 0 Å². The summed E-state index contributed by atoms with van der Waals surface area (Å²) in [6, 6.07) is 13.6. The number of hydrogen-bond acceptors (Lipinski definition) is 3. The topological polar surface area (TPSA) is 63.4 Å². The van der Waals surface area contributed by atoms with Crippen LogP contribution in [0.3, 0.4) is 0 Å². The monoisotopic (exact) mass is 302 g/mol. The van der Waals surface area contributed by atoms with Gasteiger partial charge in [0.2, 0.25) is 0 Å². The quantitative estimate of drug-likeness (QED) is 0.682. The molecule has 0 aromatic heterocycles. The largest absolute Gasteiger partial charge is 0.397 e. The molecule has 0 radical (unpaired) electrons. The number of sulfonamides is 1. The number of para-hydroxylation sites is 2. The Labute approximate surface area is 125 Å². The van der Waals surface area contributed by atoms with Crippen LogP contribution in [0.1, 0.15) is 5.56 Å². The van der Waals surface area contributed by atoms with Crippen LogP contribution in [0.25, 0.3) is 0 Å². The fourth-order valence-electron chi connectivity index (χ4n) is 2.00. The minimum absolute atomic E-state index is 0.157. The Balaban J connectivity index is 2.54. The van der Waals surface area contributed by atoms with Crippen molar-refractivity contribution in [3.63, 3.8) is 0 Å². The van der Waals surface area contributed by atoms with Gasteiger partial charge < -0.3 is 5.73 Å². The van der Waals surface area contributed by atoms with Gasteiger partial charge in [0.1, 0.15) is 0 Å². The maximum Gasteiger partial charge on any atom is 0.264 e. The second-order valence-corrected chi connectivity index (χ2v) is 6.56. The van der Waals surface area contributed by atoms with Crippen molar-refractivity contribution in [3.8, 4) is 0 Å². The maximum atomic E-state index is 12.8. The summed E-state index contributed by atoms with van der Waals surface area (Å²) in [5, 5.41) is 0. The Bertz CT molecular complexity index is 737. The Kier molecular flexibility index (Phi) is 4.33. The average molecular weight is 302 g/mol. The highest BCUT2D eigenvalue weighted by Crippen LogP contribution is 2.28. The van der Waals surface area contributed by atoms with E-state index in [1.807, 2.05) is 6.92 Å². The van der Waals surface area contributed by atoms with Crippen molar-refractivity contribution in [2.45, 2.75) is 11.8 Å². The van der Waals surface area contributed by atoms with Gasteiger partial charge in [0, 0.05) is 0 Å². The number of benzene rings is 2. The molecule has 2 aromatic carbocycles.